The van der Waals surface area contributed by atoms with Gasteiger partial charge in [-0.2, -0.15) is 0 Å². The Morgan fingerprint density at radius 1 is 0.905 bits per heavy atom. The summed E-state index contributed by atoms with van der Waals surface area (Å²) >= 11 is 0. The molecule has 0 fully saturated rings. The first-order valence-corrected chi connectivity index (χ1v) is 15.0. The molecular weight excluding hydrogens is 556 g/mol. The van der Waals surface area contributed by atoms with E-state index < -0.39 is 21.8 Å². The van der Waals surface area contributed by atoms with Crippen molar-refractivity contribution in [1.29, 1.82) is 0 Å². The van der Waals surface area contributed by atoms with Gasteiger partial charge < -0.3 is 15.4 Å². The average molecular weight is 591 g/mol. The fraction of sp³-hybridized carbons (Fsp3) is 0.267. The number of ether oxygens (including phenoxy) is 1. The standard InChI is InChI=1S/C30H34N6O5S/c1-18-8-12-22(13-9-18)31-29(38)25-17-36(35-33-25)26-14-20(11-10-19(26)2)28(37)32-23-15-21(30(3,4)5)16-24(27(23)41-6)34-42(7,39)40/h8-17,34H,1-7H3,(H,31,38)(H,32,37). The SMILES string of the molecule is COc1c(NC(=O)c2ccc(C)c(-n3cc(C(=O)Nc4ccc(C)cc4)nn3)c2)cc(C(C)(C)C)cc1NS(C)(=O)=O. The first kappa shape index (κ1) is 30.3. The number of aryl methyl sites for hydroxylation is 2. The summed E-state index contributed by atoms with van der Waals surface area (Å²) in [4.78, 5) is 26.2. The van der Waals surface area contributed by atoms with E-state index in [1.165, 1.54) is 18.0 Å². The Balaban J connectivity index is 1.63. The zero-order valence-corrected chi connectivity index (χ0v) is 25.4. The highest BCUT2D eigenvalue weighted by atomic mass is 32.2. The van der Waals surface area contributed by atoms with E-state index in [4.69, 9.17) is 4.74 Å². The molecule has 11 nitrogen and oxygen atoms in total. The number of hydrogen-bond acceptors (Lipinski definition) is 7. The van der Waals surface area contributed by atoms with E-state index in [2.05, 4.69) is 25.7 Å². The second-order valence-electron chi connectivity index (χ2n) is 11.1. The maximum atomic E-state index is 13.5. The highest BCUT2D eigenvalue weighted by Gasteiger charge is 2.23. The summed E-state index contributed by atoms with van der Waals surface area (Å²) in [5.41, 5.74) is 4.43. The van der Waals surface area contributed by atoms with Crippen molar-refractivity contribution in [2.75, 3.05) is 28.7 Å². The minimum absolute atomic E-state index is 0.111. The molecule has 0 spiro atoms. The lowest BCUT2D eigenvalue weighted by Crippen LogP contribution is -2.18. The molecule has 1 heterocycles. The van der Waals surface area contributed by atoms with Crippen LogP contribution in [0.25, 0.3) is 5.69 Å². The molecule has 4 aromatic rings. The van der Waals surface area contributed by atoms with E-state index in [9.17, 15) is 18.0 Å². The summed E-state index contributed by atoms with van der Waals surface area (Å²) in [7, 11) is -2.22. The highest BCUT2D eigenvalue weighted by molar-refractivity contribution is 7.92. The number of benzene rings is 3. The van der Waals surface area contributed by atoms with Crippen LogP contribution in [0.2, 0.25) is 0 Å². The lowest BCUT2D eigenvalue weighted by molar-refractivity contribution is 0.101. The predicted octanol–water partition coefficient (Wildman–Crippen LogP) is 5.07. The first-order valence-electron chi connectivity index (χ1n) is 13.1. The average Bonchev–Trinajstić information content (AvgIpc) is 3.39. The maximum Gasteiger partial charge on any atom is 0.277 e. The molecule has 0 aliphatic carbocycles. The van der Waals surface area contributed by atoms with Gasteiger partial charge in [-0.3, -0.25) is 14.3 Å². The molecule has 3 N–H and O–H groups in total. The first-order chi connectivity index (χ1) is 19.6. The number of hydrogen-bond donors (Lipinski definition) is 3. The van der Waals surface area contributed by atoms with Gasteiger partial charge in [-0.1, -0.05) is 49.7 Å². The van der Waals surface area contributed by atoms with Crippen molar-refractivity contribution in [2.45, 2.75) is 40.0 Å². The van der Waals surface area contributed by atoms with Gasteiger partial charge in [0.15, 0.2) is 11.4 Å². The van der Waals surface area contributed by atoms with Crippen molar-refractivity contribution < 1.29 is 22.7 Å². The Labute approximate surface area is 245 Å². The van der Waals surface area contributed by atoms with Crippen LogP contribution in [0.4, 0.5) is 17.1 Å². The van der Waals surface area contributed by atoms with Gasteiger partial charge in [0.2, 0.25) is 10.0 Å². The van der Waals surface area contributed by atoms with Gasteiger partial charge >= 0.3 is 0 Å². The van der Waals surface area contributed by atoms with Gasteiger partial charge in [-0.05, 0) is 66.8 Å². The van der Waals surface area contributed by atoms with Crippen molar-refractivity contribution >= 4 is 38.9 Å². The van der Waals surface area contributed by atoms with Gasteiger partial charge in [-0.25, -0.2) is 13.1 Å². The van der Waals surface area contributed by atoms with E-state index in [0.29, 0.717) is 22.6 Å². The molecule has 0 unspecified atom stereocenters. The fourth-order valence-corrected chi connectivity index (χ4v) is 4.71. The molecule has 0 saturated carbocycles. The van der Waals surface area contributed by atoms with E-state index >= 15 is 0 Å². The van der Waals surface area contributed by atoms with Crippen molar-refractivity contribution in [3.8, 4) is 11.4 Å². The van der Waals surface area contributed by atoms with Crippen molar-refractivity contribution in [2.24, 2.45) is 0 Å². The lowest BCUT2D eigenvalue weighted by Gasteiger charge is -2.24. The molecule has 0 radical (unpaired) electrons. The molecule has 0 aliphatic heterocycles. The topological polar surface area (TPSA) is 144 Å². The molecule has 0 atom stereocenters. The molecule has 3 aromatic carbocycles. The van der Waals surface area contributed by atoms with Gasteiger partial charge in [-0.15, -0.1) is 5.10 Å². The van der Waals surface area contributed by atoms with Gasteiger partial charge in [0.05, 0.1) is 36.6 Å². The minimum Gasteiger partial charge on any atom is -0.492 e. The minimum atomic E-state index is -3.62. The van der Waals surface area contributed by atoms with E-state index in [0.717, 1.165) is 22.9 Å². The van der Waals surface area contributed by atoms with Crippen molar-refractivity contribution in [3.63, 3.8) is 0 Å². The molecule has 0 bridgehead atoms. The third-order valence-corrected chi connectivity index (χ3v) is 7.05. The van der Waals surface area contributed by atoms with E-state index in [-0.39, 0.29) is 22.5 Å². The van der Waals surface area contributed by atoms with Gasteiger partial charge in [0.1, 0.15) is 0 Å². The second kappa shape index (κ2) is 11.6. The third kappa shape index (κ3) is 7.13. The molecule has 12 heteroatoms. The van der Waals surface area contributed by atoms with Gasteiger partial charge in [0, 0.05) is 11.3 Å². The van der Waals surface area contributed by atoms with E-state index in [1.807, 2.05) is 46.8 Å². The quantitative estimate of drug-likeness (QED) is 0.260. The molecule has 2 amide bonds. The molecule has 0 saturated heterocycles. The highest BCUT2D eigenvalue weighted by Crippen LogP contribution is 2.39. The van der Waals surface area contributed by atoms with Crippen LogP contribution in [0.5, 0.6) is 5.75 Å². The number of rotatable bonds is 8. The van der Waals surface area contributed by atoms with Crippen LogP contribution in [0.3, 0.4) is 0 Å². The number of aromatic nitrogens is 3. The molecule has 220 valence electrons. The Morgan fingerprint density at radius 3 is 2.19 bits per heavy atom. The van der Waals surface area contributed by atoms with Crippen molar-refractivity contribution in [3.05, 3.63) is 88.7 Å². The number of anilines is 3. The van der Waals surface area contributed by atoms with Crippen LogP contribution >= 0.6 is 0 Å². The van der Waals surface area contributed by atoms with Crippen molar-refractivity contribution in [1.82, 2.24) is 15.0 Å². The normalized spacial score (nSPS) is 11.6. The molecule has 1 aromatic heterocycles. The predicted molar refractivity (Wildman–Crippen MR) is 163 cm³/mol. The van der Waals surface area contributed by atoms with Crippen LogP contribution in [0.15, 0.2) is 60.8 Å². The smallest absolute Gasteiger partial charge is 0.277 e. The maximum absolute atomic E-state index is 13.5. The van der Waals surface area contributed by atoms with Crippen LogP contribution in [0, 0.1) is 13.8 Å². The lowest BCUT2D eigenvalue weighted by atomic mass is 9.86. The molecule has 4 rings (SSSR count). The monoisotopic (exact) mass is 590 g/mol. The summed E-state index contributed by atoms with van der Waals surface area (Å²) in [6, 6.07) is 15.9. The Kier molecular flexibility index (Phi) is 8.39. The van der Waals surface area contributed by atoms with Crippen LogP contribution in [-0.2, 0) is 15.4 Å². The molecule has 42 heavy (non-hydrogen) atoms. The summed E-state index contributed by atoms with van der Waals surface area (Å²) in [6.07, 6.45) is 2.54. The van der Waals surface area contributed by atoms with Gasteiger partial charge in [0.25, 0.3) is 11.8 Å². The number of amides is 2. The Hall–Kier alpha value is -4.71. The summed E-state index contributed by atoms with van der Waals surface area (Å²) < 4.78 is 33.5. The number of carbonyl (C=O) groups is 2. The third-order valence-electron chi connectivity index (χ3n) is 6.46. The summed E-state index contributed by atoms with van der Waals surface area (Å²) in [5, 5.41) is 13.8. The number of methoxy groups -OCH3 is 1. The number of nitrogens with one attached hydrogen (secondary N) is 3. The Bertz CT molecular complexity index is 1760. The zero-order valence-electron chi connectivity index (χ0n) is 24.6. The molecular formula is C30H34N6O5S. The fourth-order valence-electron chi connectivity index (χ4n) is 4.16. The van der Waals surface area contributed by atoms with E-state index in [1.54, 1.807) is 42.5 Å². The van der Waals surface area contributed by atoms with Crippen LogP contribution < -0.4 is 20.1 Å². The summed E-state index contributed by atoms with van der Waals surface area (Å²) in [6.45, 7) is 9.74. The Morgan fingerprint density at radius 2 is 1.57 bits per heavy atom. The zero-order chi connectivity index (χ0) is 30.8. The number of carbonyl (C=O) groups excluding carboxylic acids is 2. The largest absolute Gasteiger partial charge is 0.492 e. The number of nitrogens with zero attached hydrogens (tertiary/aromatic N) is 3. The van der Waals surface area contributed by atoms with Crippen LogP contribution in [0.1, 0.15) is 58.3 Å². The second-order valence-corrected chi connectivity index (χ2v) is 12.8. The number of sulfonamides is 1. The summed E-state index contributed by atoms with van der Waals surface area (Å²) in [5.74, 6) is -0.695. The molecule has 0 aliphatic rings. The van der Waals surface area contributed by atoms with Crippen LogP contribution in [-0.4, -0.2) is 48.6 Å².